The maximum absolute atomic E-state index is 13.1. The van der Waals surface area contributed by atoms with Crippen molar-refractivity contribution >= 4 is 34.5 Å². The van der Waals surface area contributed by atoms with Gasteiger partial charge in [-0.15, -0.1) is 0 Å². The van der Waals surface area contributed by atoms with Crippen LogP contribution in [0, 0.1) is 0 Å². The molecule has 1 fully saturated rings. The van der Waals surface area contributed by atoms with Crippen molar-refractivity contribution in [3.05, 3.63) is 82.0 Å². The molecule has 2 aromatic carbocycles. The highest BCUT2D eigenvalue weighted by molar-refractivity contribution is 7.08. The molecule has 4 rings (SSSR count). The van der Waals surface area contributed by atoms with Gasteiger partial charge in [0.2, 0.25) is 0 Å². The summed E-state index contributed by atoms with van der Waals surface area (Å²) in [5.74, 6) is -0.109. The van der Waals surface area contributed by atoms with Crippen LogP contribution < -0.4 is 15.5 Å². The van der Waals surface area contributed by atoms with Gasteiger partial charge in [-0.2, -0.15) is 11.3 Å². The average molecular weight is 520 g/mol. The highest BCUT2D eigenvalue weighted by Gasteiger charge is 2.22. The predicted molar refractivity (Wildman–Crippen MR) is 153 cm³/mol. The molecule has 1 aliphatic rings. The van der Waals surface area contributed by atoms with Crippen molar-refractivity contribution in [1.29, 1.82) is 0 Å². The third kappa shape index (κ3) is 7.41. The number of nitrogens with one attached hydrogen (secondary N) is 2. The number of piperazine rings is 1. The van der Waals surface area contributed by atoms with E-state index in [-0.39, 0.29) is 17.7 Å². The minimum atomic E-state index is -0.164. The number of amides is 2. The van der Waals surface area contributed by atoms with Gasteiger partial charge in [0.15, 0.2) is 0 Å². The average Bonchev–Trinajstić information content (AvgIpc) is 3.46. The van der Waals surface area contributed by atoms with E-state index in [1.54, 1.807) is 6.07 Å². The van der Waals surface area contributed by atoms with Crippen molar-refractivity contribution in [3.8, 4) is 0 Å². The van der Waals surface area contributed by atoms with Gasteiger partial charge in [-0.05, 0) is 55.2 Å². The monoisotopic (exact) mass is 519 g/mol. The first-order chi connectivity index (χ1) is 17.9. The molecule has 7 nitrogen and oxygen atoms in total. The van der Waals surface area contributed by atoms with Crippen LogP contribution >= 0.6 is 11.3 Å². The van der Waals surface area contributed by atoms with Crippen LogP contribution in [0.15, 0.2) is 65.4 Å². The van der Waals surface area contributed by atoms with Crippen molar-refractivity contribution in [1.82, 2.24) is 15.1 Å². The van der Waals surface area contributed by atoms with Crippen molar-refractivity contribution in [2.75, 3.05) is 70.1 Å². The second-order valence-electron chi connectivity index (χ2n) is 9.85. The Bertz CT molecular complexity index is 1160. The van der Waals surface area contributed by atoms with E-state index in [4.69, 9.17) is 0 Å². The number of thiophene rings is 1. The van der Waals surface area contributed by atoms with Crippen LogP contribution in [0.25, 0.3) is 0 Å². The lowest BCUT2D eigenvalue weighted by Crippen LogP contribution is -2.48. The van der Waals surface area contributed by atoms with E-state index in [2.05, 4.69) is 58.5 Å². The third-order valence-corrected chi connectivity index (χ3v) is 7.49. The number of anilines is 2. The number of rotatable bonds is 10. The van der Waals surface area contributed by atoms with Gasteiger partial charge in [0.05, 0.1) is 16.9 Å². The maximum Gasteiger partial charge on any atom is 0.256 e. The van der Waals surface area contributed by atoms with E-state index >= 15 is 0 Å². The number of likely N-dealkylation sites (N-methyl/N-ethyl adjacent to an activating group) is 1. The van der Waals surface area contributed by atoms with Crippen molar-refractivity contribution in [2.45, 2.75) is 12.8 Å². The fourth-order valence-corrected chi connectivity index (χ4v) is 5.08. The quantitative estimate of drug-likeness (QED) is 0.420. The van der Waals surface area contributed by atoms with E-state index in [0.717, 1.165) is 45.0 Å². The molecule has 2 amide bonds. The predicted octanol–water partition coefficient (Wildman–Crippen LogP) is 4.22. The van der Waals surface area contributed by atoms with Crippen molar-refractivity contribution in [3.63, 3.8) is 0 Å². The molecule has 1 unspecified atom stereocenters. The Hall–Kier alpha value is -3.20. The molecule has 37 heavy (non-hydrogen) atoms. The molecule has 196 valence electrons. The Morgan fingerprint density at radius 1 is 0.973 bits per heavy atom. The summed E-state index contributed by atoms with van der Waals surface area (Å²) in [6.07, 6.45) is 0. The Balaban J connectivity index is 1.47. The largest absolute Gasteiger partial charge is 0.367 e. The van der Waals surface area contributed by atoms with Crippen LogP contribution in [0.4, 0.5) is 11.4 Å². The lowest BCUT2D eigenvalue weighted by atomic mass is 10.0. The maximum atomic E-state index is 13.1. The van der Waals surface area contributed by atoms with E-state index in [1.807, 2.05) is 47.2 Å². The lowest BCUT2D eigenvalue weighted by molar-refractivity contribution is 0.0950. The molecule has 1 aromatic heterocycles. The first-order valence-corrected chi connectivity index (χ1v) is 13.8. The minimum Gasteiger partial charge on any atom is -0.367 e. The molecular formula is C29H37N5O2S. The van der Waals surface area contributed by atoms with E-state index in [9.17, 15) is 9.59 Å². The number of carbonyl (C=O) groups excluding carboxylic acids is 2. The second kappa shape index (κ2) is 12.9. The molecule has 0 aliphatic carbocycles. The Labute approximate surface area is 224 Å². The van der Waals surface area contributed by atoms with Crippen LogP contribution in [-0.4, -0.2) is 81.5 Å². The van der Waals surface area contributed by atoms with Gasteiger partial charge in [-0.1, -0.05) is 37.3 Å². The molecule has 0 saturated carbocycles. The Morgan fingerprint density at radius 2 is 1.73 bits per heavy atom. The van der Waals surface area contributed by atoms with E-state index in [1.165, 1.54) is 16.9 Å². The number of hydrogen-bond acceptors (Lipinski definition) is 6. The van der Waals surface area contributed by atoms with Crippen LogP contribution in [0.2, 0.25) is 0 Å². The molecule has 0 radical (unpaired) electrons. The molecule has 0 bridgehead atoms. The Morgan fingerprint density at radius 3 is 2.41 bits per heavy atom. The molecular weight excluding hydrogens is 482 g/mol. The molecule has 8 heteroatoms. The number of carbonyl (C=O) groups is 2. The number of nitrogens with zero attached hydrogens (tertiary/aromatic N) is 3. The highest BCUT2D eigenvalue weighted by Crippen LogP contribution is 2.29. The molecule has 2 heterocycles. The van der Waals surface area contributed by atoms with E-state index in [0.29, 0.717) is 23.4 Å². The van der Waals surface area contributed by atoms with Crippen LogP contribution in [-0.2, 0) is 0 Å². The van der Waals surface area contributed by atoms with Gasteiger partial charge in [-0.25, -0.2) is 0 Å². The summed E-state index contributed by atoms with van der Waals surface area (Å²) in [7, 11) is 4.19. The summed E-state index contributed by atoms with van der Waals surface area (Å²) in [4.78, 5) is 33.0. The zero-order valence-corrected chi connectivity index (χ0v) is 22.8. The molecule has 2 N–H and O–H groups in total. The first-order valence-electron chi connectivity index (χ1n) is 12.8. The molecule has 1 saturated heterocycles. The molecule has 1 atom stereocenters. The van der Waals surface area contributed by atoms with Crippen LogP contribution in [0.1, 0.15) is 39.1 Å². The molecule has 0 spiro atoms. The third-order valence-electron chi connectivity index (χ3n) is 6.80. The topological polar surface area (TPSA) is 67.9 Å². The molecule has 3 aromatic rings. The number of benzene rings is 2. The smallest absolute Gasteiger partial charge is 0.256 e. The summed E-state index contributed by atoms with van der Waals surface area (Å²) in [6, 6.07) is 17.6. The summed E-state index contributed by atoms with van der Waals surface area (Å²) >= 11 is 1.49. The standard InChI is InChI=1S/C29H37N5O2S/c1-22(23-7-5-4-6-8-23)20-30-28(35)24-9-10-27(26(19-24)31-29(36)25-11-18-37-21-25)34-16-14-33(15-17-34)13-12-32(2)3/h4-11,18-19,21-22H,12-17,20H2,1-3H3,(H,30,35)(H,31,36). The summed E-state index contributed by atoms with van der Waals surface area (Å²) in [6.45, 7) is 8.39. The van der Waals surface area contributed by atoms with Crippen molar-refractivity contribution < 1.29 is 9.59 Å². The summed E-state index contributed by atoms with van der Waals surface area (Å²) in [5.41, 5.74) is 3.96. The van der Waals surface area contributed by atoms with Gasteiger partial charge in [0, 0.05) is 56.8 Å². The van der Waals surface area contributed by atoms with Crippen LogP contribution in [0.5, 0.6) is 0 Å². The summed E-state index contributed by atoms with van der Waals surface area (Å²) in [5, 5.41) is 9.86. The van der Waals surface area contributed by atoms with E-state index < -0.39 is 0 Å². The second-order valence-corrected chi connectivity index (χ2v) is 10.6. The lowest BCUT2D eigenvalue weighted by Gasteiger charge is -2.37. The summed E-state index contributed by atoms with van der Waals surface area (Å²) < 4.78 is 0. The fourth-order valence-electron chi connectivity index (χ4n) is 4.44. The number of hydrogen-bond donors (Lipinski definition) is 2. The Kier molecular flexibility index (Phi) is 9.33. The van der Waals surface area contributed by atoms with Gasteiger partial charge in [-0.3, -0.25) is 14.5 Å². The van der Waals surface area contributed by atoms with Crippen molar-refractivity contribution in [2.24, 2.45) is 0 Å². The van der Waals surface area contributed by atoms with Crippen LogP contribution in [0.3, 0.4) is 0 Å². The zero-order chi connectivity index (χ0) is 26.2. The van der Waals surface area contributed by atoms with Gasteiger partial charge < -0.3 is 20.4 Å². The minimum absolute atomic E-state index is 0.145. The SMILES string of the molecule is CC(CNC(=O)c1ccc(N2CCN(CCN(C)C)CC2)c(NC(=O)c2ccsc2)c1)c1ccccc1. The van der Waals surface area contributed by atoms with Gasteiger partial charge >= 0.3 is 0 Å². The first kappa shape index (κ1) is 26.9. The van der Waals surface area contributed by atoms with Gasteiger partial charge in [0.25, 0.3) is 11.8 Å². The normalized spacial score (nSPS) is 15.0. The molecule has 1 aliphatic heterocycles. The zero-order valence-electron chi connectivity index (χ0n) is 21.9. The van der Waals surface area contributed by atoms with Gasteiger partial charge in [0.1, 0.15) is 0 Å². The highest BCUT2D eigenvalue weighted by atomic mass is 32.1. The fraction of sp³-hybridized carbons (Fsp3) is 0.379.